The van der Waals surface area contributed by atoms with E-state index in [1.807, 2.05) is 0 Å². The third-order valence-electron chi connectivity index (χ3n) is 3.13. The molecule has 1 fully saturated rings. The van der Waals surface area contributed by atoms with Crippen molar-refractivity contribution in [1.82, 2.24) is 5.32 Å². The highest BCUT2D eigenvalue weighted by molar-refractivity contribution is 7.90. The van der Waals surface area contributed by atoms with Crippen LogP contribution in [0.15, 0.2) is 0 Å². The average molecular weight is 299 g/mol. The van der Waals surface area contributed by atoms with Crippen LogP contribution >= 0.6 is 12.4 Å². The summed E-state index contributed by atoms with van der Waals surface area (Å²) >= 11 is 0. The van der Waals surface area contributed by atoms with E-state index in [1.54, 1.807) is 6.92 Å². The Bertz CT molecular complexity index is 372. The van der Waals surface area contributed by atoms with Crippen molar-refractivity contribution in [2.24, 2.45) is 11.7 Å². The van der Waals surface area contributed by atoms with E-state index >= 15 is 0 Å². The molecule has 0 spiro atoms. The fourth-order valence-corrected chi connectivity index (χ4v) is 3.38. The molecule has 18 heavy (non-hydrogen) atoms. The van der Waals surface area contributed by atoms with Crippen LogP contribution in [0.25, 0.3) is 0 Å². The Labute approximate surface area is 115 Å². The molecule has 0 bridgehead atoms. The van der Waals surface area contributed by atoms with Crippen LogP contribution in [0.3, 0.4) is 0 Å². The van der Waals surface area contributed by atoms with Crippen LogP contribution < -0.4 is 11.1 Å². The standard InChI is InChI=1S/C11H22N2O3S.ClH/c1-8(7-17(2,15)16)13-11(14)6-9-4-3-5-10(9)12;/h8-10H,3-7,12H2,1-2H3,(H,13,14);1H/t8?,9-,10+;/m0./s1. The minimum Gasteiger partial charge on any atom is -0.353 e. The van der Waals surface area contributed by atoms with Crippen molar-refractivity contribution in [3.8, 4) is 0 Å². The molecular weight excluding hydrogens is 276 g/mol. The van der Waals surface area contributed by atoms with Crippen LogP contribution in [0.5, 0.6) is 0 Å². The van der Waals surface area contributed by atoms with Gasteiger partial charge in [-0.3, -0.25) is 4.79 Å². The molecule has 1 saturated carbocycles. The van der Waals surface area contributed by atoms with E-state index < -0.39 is 9.84 Å². The number of sulfone groups is 1. The van der Waals surface area contributed by atoms with Crippen molar-refractivity contribution < 1.29 is 13.2 Å². The Hall–Kier alpha value is -0.330. The smallest absolute Gasteiger partial charge is 0.220 e. The Morgan fingerprint density at radius 2 is 2.06 bits per heavy atom. The van der Waals surface area contributed by atoms with Gasteiger partial charge in [-0.1, -0.05) is 6.42 Å². The lowest BCUT2D eigenvalue weighted by Crippen LogP contribution is -2.39. The van der Waals surface area contributed by atoms with Gasteiger partial charge in [0.05, 0.1) is 5.75 Å². The maximum Gasteiger partial charge on any atom is 0.220 e. The Morgan fingerprint density at radius 1 is 1.44 bits per heavy atom. The van der Waals surface area contributed by atoms with Crippen LogP contribution in [-0.2, 0) is 14.6 Å². The molecule has 1 unspecified atom stereocenters. The number of rotatable bonds is 5. The number of carbonyl (C=O) groups excluding carboxylic acids is 1. The second-order valence-electron chi connectivity index (χ2n) is 5.12. The lowest BCUT2D eigenvalue weighted by molar-refractivity contribution is -0.122. The van der Waals surface area contributed by atoms with Crippen molar-refractivity contribution in [3.05, 3.63) is 0 Å². The number of carbonyl (C=O) groups is 1. The average Bonchev–Trinajstić information content (AvgIpc) is 2.47. The summed E-state index contributed by atoms with van der Waals surface area (Å²) in [5, 5.41) is 2.71. The summed E-state index contributed by atoms with van der Waals surface area (Å²) in [5.74, 6) is 0.138. The van der Waals surface area contributed by atoms with Crippen LogP contribution in [0.4, 0.5) is 0 Å². The maximum absolute atomic E-state index is 11.7. The molecule has 0 saturated heterocycles. The first kappa shape index (κ1) is 17.7. The van der Waals surface area contributed by atoms with Gasteiger partial charge in [-0.25, -0.2) is 8.42 Å². The van der Waals surface area contributed by atoms with Gasteiger partial charge in [-0.05, 0) is 25.7 Å². The molecule has 3 atom stereocenters. The van der Waals surface area contributed by atoms with Crippen molar-refractivity contribution in [2.45, 2.75) is 44.7 Å². The summed E-state index contributed by atoms with van der Waals surface area (Å²) in [4.78, 5) is 11.7. The first-order valence-electron chi connectivity index (χ1n) is 6.00. The minimum absolute atomic E-state index is 0. The molecule has 0 aromatic rings. The molecular formula is C11H23ClN2O3S. The lowest BCUT2D eigenvalue weighted by Gasteiger charge is -2.17. The van der Waals surface area contributed by atoms with E-state index in [-0.39, 0.29) is 42.1 Å². The van der Waals surface area contributed by atoms with E-state index in [4.69, 9.17) is 5.73 Å². The maximum atomic E-state index is 11.7. The predicted molar refractivity (Wildman–Crippen MR) is 74.5 cm³/mol. The van der Waals surface area contributed by atoms with E-state index in [0.29, 0.717) is 6.42 Å². The monoisotopic (exact) mass is 298 g/mol. The first-order valence-corrected chi connectivity index (χ1v) is 8.06. The fraction of sp³-hybridized carbons (Fsp3) is 0.909. The second-order valence-corrected chi connectivity index (χ2v) is 7.30. The normalized spacial score (nSPS) is 25.3. The Balaban J connectivity index is 0.00000289. The molecule has 1 aliphatic carbocycles. The quantitative estimate of drug-likeness (QED) is 0.772. The number of amides is 1. The summed E-state index contributed by atoms with van der Waals surface area (Å²) in [7, 11) is -3.05. The van der Waals surface area contributed by atoms with Crippen molar-refractivity contribution in [1.29, 1.82) is 0 Å². The van der Waals surface area contributed by atoms with Gasteiger partial charge in [0.1, 0.15) is 9.84 Å². The number of hydrogen-bond acceptors (Lipinski definition) is 4. The van der Waals surface area contributed by atoms with E-state index in [1.165, 1.54) is 6.26 Å². The van der Waals surface area contributed by atoms with Gasteiger partial charge < -0.3 is 11.1 Å². The number of nitrogens with two attached hydrogens (primary N) is 1. The van der Waals surface area contributed by atoms with Crippen LogP contribution in [-0.4, -0.2) is 38.4 Å². The molecule has 0 aliphatic heterocycles. The number of halogens is 1. The molecule has 0 aromatic carbocycles. The van der Waals surface area contributed by atoms with Crippen LogP contribution in [0, 0.1) is 5.92 Å². The Morgan fingerprint density at radius 3 is 2.50 bits per heavy atom. The minimum atomic E-state index is -3.05. The molecule has 0 aromatic heterocycles. The van der Waals surface area contributed by atoms with Gasteiger partial charge in [-0.15, -0.1) is 12.4 Å². The molecule has 5 nitrogen and oxygen atoms in total. The summed E-state index contributed by atoms with van der Waals surface area (Å²) < 4.78 is 22.1. The predicted octanol–water partition coefficient (Wildman–Crippen LogP) is 0.475. The van der Waals surface area contributed by atoms with Gasteiger partial charge in [-0.2, -0.15) is 0 Å². The van der Waals surface area contributed by atoms with Gasteiger partial charge in [0.2, 0.25) is 5.91 Å². The number of hydrogen-bond donors (Lipinski definition) is 2. The van der Waals surface area contributed by atoms with Gasteiger partial charge in [0, 0.05) is 24.8 Å². The zero-order chi connectivity index (χ0) is 13.1. The molecule has 0 heterocycles. The Kier molecular flexibility index (Phi) is 7.17. The van der Waals surface area contributed by atoms with E-state index in [9.17, 15) is 13.2 Å². The molecule has 1 rings (SSSR count). The van der Waals surface area contributed by atoms with E-state index in [2.05, 4.69) is 5.32 Å². The zero-order valence-corrected chi connectivity index (χ0v) is 12.5. The van der Waals surface area contributed by atoms with Crippen LogP contribution in [0.1, 0.15) is 32.6 Å². The SMILES string of the molecule is CC(CS(C)(=O)=O)NC(=O)C[C@@H]1CCC[C@H]1N.Cl. The largest absolute Gasteiger partial charge is 0.353 e. The fourth-order valence-electron chi connectivity index (χ4n) is 2.39. The molecule has 1 amide bonds. The highest BCUT2D eigenvalue weighted by atomic mass is 35.5. The van der Waals surface area contributed by atoms with Crippen molar-refractivity contribution in [2.75, 3.05) is 12.0 Å². The summed E-state index contributed by atoms with van der Waals surface area (Å²) in [6.07, 6.45) is 4.64. The van der Waals surface area contributed by atoms with Gasteiger partial charge in [0.25, 0.3) is 0 Å². The van der Waals surface area contributed by atoms with Gasteiger partial charge in [0.15, 0.2) is 0 Å². The second kappa shape index (κ2) is 7.31. The molecule has 3 N–H and O–H groups in total. The van der Waals surface area contributed by atoms with E-state index in [0.717, 1.165) is 19.3 Å². The summed E-state index contributed by atoms with van der Waals surface area (Å²) in [6.45, 7) is 1.70. The lowest BCUT2D eigenvalue weighted by atomic mass is 10.00. The van der Waals surface area contributed by atoms with Gasteiger partial charge >= 0.3 is 0 Å². The topological polar surface area (TPSA) is 89.3 Å². The molecule has 108 valence electrons. The number of nitrogens with one attached hydrogen (secondary N) is 1. The molecule has 0 radical (unpaired) electrons. The molecule has 7 heteroatoms. The highest BCUT2D eigenvalue weighted by Crippen LogP contribution is 2.26. The third-order valence-corrected chi connectivity index (χ3v) is 4.23. The van der Waals surface area contributed by atoms with Crippen molar-refractivity contribution in [3.63, 3.8) is 0 Å². The zero-order valence-electron chi connectivity index (χ0n) is 10.9. The summed E-state index contributed by atoms with van der Waals surface area (Å²) in [6, 6.07) is -0.221. The van der Waals surface area contributed by atoms with Crippen LogP contribution in [0.2, 0.25) is 0 Å². The molecule has 1 aliphatic rings. The third kappa shape index (κ3) is 6.56. The summed E-state index contributed by atoms with van der Waals surface area (Å²) in [5.41, 5.74) is 5.88. The highest BCUT2D eigenvalue weighted by Gasteiger charge is 2.26. The van der Waals surface area contributed by atoms with Crippen molar-refractivity contribution >= 4 is 28.2 Å². The first-order chi connectivity index (χ1) is 7.78.